The van der Waals surface area contributed by atoms with Crippen LogP contribution in [0, 0.1) is 11.3 Å². The highest BCUT2D eigenvalue weighted by Gasteiger charge is 2.34. The van der Waals surface area contributed by atoms with E-state index in [-0.39, 0.29) is 21.8 Å². The van der Waals surface area contributed by atoms with Crippen molar-refractivity contribution in [2.45, 2.75) is 17.1 Å². The Balaban J connectivity index is 1.87. The van der Waals surface area contributed by atoms with Crippen LogP contribution >= 0.6 is 23.4 Å². The topological polar surface area (TPSA) is 58.8 Å². The second kappa shape index (κ2) is 8.50. The van der Waals surface area contributed by atoms with Crippen LogP contribution in [0.3, 0.4) is 0 Å². The first kappa shape index (κ1) is 20.0. The number of hydrogen-bond acceptors (Lipinski definition) is 5. The molecule has 3 rings (SSSR count). The Kier molecular flexibility index (Phi) is 6.07. The van der Waals surface area contributed by atoms with Gasteiger partial charge in [-0.25, -0.2) is 4.98 Å². The highest BCUT2D eigenvalue weighted by atomic mass is 35.5. The molecule has 0 saturated heterocycles. The zero-order chi connectivity index (χ0) is 20.1. The minimum absolute atomic E-state index is 0.0979. The minimum atomic E-state index is -4.66. The van der Waals surface area contributed by atoms with Crippen molar-refractivity contribution < 1.29 is 17.9 Å². The van der Waals surface area contributed by atoms with E-state index in [0.717, 1.165) is 23.4 Å². The quantitative estimate of drug-likeness (QED) is 0.367. The van der Waals surface area contributed by atoms with Crippen LogP contribution < -0.4 is 4.74 Å². The third kappa shape index (κ3) is 5.15. The number of halogens is 4. The van der Waals surface area contributed by atoms with Gasteiger partial charge in [0.15, 0.2) is 10.9 Å². The minimum Gasteiger partial charge on any atom is -0.437 e. The van der Waals surface area contributed by atoms with Crippen molar-refractivity contribution in [3.8, 4) is 17.7 Å². The number of alkyl halides is 3. The summed E-state index contributed by atoms with van der Waals surface area (Å²) in [6, 6.07) is 15.9. The standard InChI is InChI=1S/C19H11ClF3N3OS/c20-14-6-1-2-7-15(14)27-17-9-16(19(21,22)23)25-18(26-17)28-11-13-5-3-4-12(8-13)10-24/h1-9H,11H2. The maximum atomic E-state index is 13.2. The number of nitrogens with zero attached hydrogens (tertiary/aromatic N) is 3. The first-order chi connectivity index (χ1) is 13.3. The van der Waals surface area contributed by atoms with Crippen LogP contribution in [0.25, 0.3) is 0 Å². The number of hydrogen-bond donors (Lipinski definition) is 0. The second-order valence-corrected chi connectivity index (χ2v) is 6.85. The van der Waals surface area contributed by atoms with E-state index in [4.69, 9.17) is 21.6 Å². The number of rotatable bonds is 5. The third-order valence-corrected chi connectivity index (χ3v) is 4.68. The Labute approximate surface area is 168 Å². The largest absolute Gasteiger partial charge is 0.437 e. The van der Waals surface area contributed by atoms with E-state index in [1.165, 1.54) is 6.07 Å². The molecule has 0 unspecified atom stereocenters. The van der Waals surface area contributed by atoms with Gasteiger partial charge in [-0.2, -0.15) is 23.4 Å². The highest BCUT2D eigenvalue weighted by Crippen LogP contribution is 2.34. The van der Waals surface area contributed by atoms with Crippen LogP contribution in [0.5, 0.6) is 11.6 Å². The molecule has 0 radical (unpaired) electrons. The van der Waals surface area contributed by atoms with Gasteiger partial charge in [-0.3, -0.25) is 0 Å². The van der Waals surface area contributed by atoms with E-state index in [1.807, 2.05) is 6.07 Å². The molecule has 4 nitrogen and oxygen atoms in total. The van der Waals surface area contributed by atoms with Gasteiger partial charge in [-0.05, 0) is 29.8 Å². The predicted molar refractivity (Wildman–Crippen MR) is 99.3 cm³/mol. The van der Waals surface area contributed by atoms with E-state index in [1.54, 1.807) is 42.5 Å². The summed E-state index contributed by atoms with van der Waals surface area (Å²) in [5, 5.41) is 9.09. The molecule has 0 aliphatic heterocycles. The van der Waals surface area contributed by atoms with E-state index in [2.05, 4.69) is 9.97 Å². The van der Waals surface area contributed by atoms with Crippen molar-refractivity contribution in [2.75, 3.05) is 0 Å². The molecule has 0 N–H and O–H groups in total. The molecule has 142 valence electrons. The van der Waals surface area contributed by atoms with Gasteiger partial charge in [0, 0.05) is 11.8 Å². The first-order valence-corrected chi connectivity index (χ1v) is 9.22. The average Bonchev–Trinajstić information content (AvgIpc) is 2.67. The summed E-state index contributed by atoms with van der Waals surface area (Å²) in [7, 11) is 0. The zero-order valence-corrected chi connectivity index (χ0v) is 15.6. The Morgan fingerprint density at radius 3 is 2.57 bits per heavy atom. The highest BCUT2D eigenvalue weighted by molar-refractivity contribution is 7.98. The number of para-hydroxylation sites is 1. The molecule has 0 amide bonds. The first-order valence-electron chi connectivity index (χ1n) is 7.85. The van der Waals surface area contributed by atoms with Crippen molar-refractivity contribution >= 4 is 23.4 Å². The lowest BCUT2D eigenvalue weighted by atomic mass is 10.2. The van der Waals surface area contributed by atoms with Crippen LogP contribution in [0.4, 0.5) is 13.2 Å². The third-order valence-electron chi connectivity index (χ3n) is 3.45. The maximum absolute atomic E-state index is 13.2. The Hall–Kier alpha value is -2.76. The molecule has 9 heteroatoms. The summed E-state index contributed by atoms with van der Waals surface area (Å²) < 4.78 is 45.1. The molecule has 0 aliphatic carbocycles. The molecule has 0 aliphatic rings. The molecular weight excluding hydrogens is 411 g/mol. The molecular formula is C19H11ClF3N3OS. The van der Waals surface area contributed by atoms with Crippen LogP contribution in [0.2, 0.25) is 5.02 Å². The van der Waals surface area contributed by atoms with E-state index < -0.39 is 11.9 Å². The van der Waals surface area contributed by atoms with Crippen LogP contribution in [0.15, 0.2) is 59.8 Å². The lowest BCUT2D eigenvalue weighted by Gasteiger charge is -2.11. The van der Waals surface area contributed by atoms with Crippen LogP contribution in [0.1, 0.15) is 16.8 Å². The Morgan fingerprint density at radius 2 is 1.86 bits per heavy atom. The van der Waals surface area contributed by atoms with E-state index >= 15 is 0 Å². The molecule has 3 aromatic rings. The molecule has 1 aromatic heterocycles. The monoisotopic (exact) mass is 421 g/mol. The van der Waals surface area contributed by atoms with Crippen molar-refractivity contribution in [1.29, 1.82) is 5.26 Å². The van der Waals surface area contributed by atoms with Gasteiger partial charge in [0.1, 0.15) is 5.75 Å². The molecule has 0 bridgehead atoms. The average molecular weight is 422 g/mol. The van der Waals surface area contributed by atoms with Crippen molar-refractivity contribution in [2.24, 2.45) is 0 Å². The smallest absolute Gasteiger partial charge is 0.433 e. The summed E-state index contributed by atoms with van der Waals surface area (Å²) in [5.41, 5.74) is 0.113. The van der Waals surface area contributed by atoms with Crippen molar-refractivity contribution in [3.05, 3.63) is 76.4 Å². The summed E-state index contributed by atoms with van der Waals surface area (Å²) >= 11 is 7.00. The molecule has 0 atom stereocenters. The molecule has 28 heavy (non-hydrogen) atoms. The predicted octanol–water partition coefficient (Wildman–Crippen LogP) is 6.11. The van der Waals surface area contributed by atoms with Crippen molar-refractivity contribution in [3.63, 3.8) is 0 Å². The maximum Gasteiger partial charge on any atom is 0.433 e. The number of aromatic nitrogens is 2. The zero-order valence-electron chi connectivity index (χ0n) is 14.1. The van der Waals surface area contributed by atoms with E-state index in [9.17, 15) is 13.2 Å². The Morgan fingerprint density at radius 1 is 1.07 bits per heavy atom. The van der Waals surface area contributed by atoms with Gasteiger partial charge >= 0.3 is 6.18 Å². The fourth-order valence-corrected chi connectivity index (χ4v) is 3.15. The molecule has 0 saturated carbocycles. The number of ether oxygens (including phenoxy) is 1. The Bertz CT molecular complexity index is 1040. The SMILES string of the molecule is N#Cc1cccc(CSc2nc(Oc3ccccc3Cl)cc(C(F)(F)F)n2)c1. The summed E-state index contributed by atoms with van der Waals surface area (Å²) in [4.78, 5) is 7.62. The number of nitriles is 1. The van der Waals surface area contributed by atoms with Gasteiger partial charge in [-0.15, -0.1) is 0 Å². The van der Waals surface area contributed by atoms with Gasteiger partial charge in [-0.1, -0.05) is 47.6 Å². The normalized spacial score (nSPS) is 11.1. The van der Waals surface area contributed by atoms with Crippen molar-refractivity contribution in [1.82, 2.24) is 9.97 Å². The number of thioether (sulfide) groups is 1. The molecule has 2 aromatic carbocycles. The van der Waals surface area contributed by atoms with Gasteiger partial charge in [0.25, 0.3) is 0 Å². The fraction of sp³-hybridized carbons (Fsp3) is 0.105. The molecule has 0 fully saturated rings. The summed E-state index contributed by atoms with van der Waals surface area (Å²) in [6.07, 6.45) is -4.66. The second-order valence-electron chi connectivity index (χ2n) is 5.51. The lowest BCUT2D eigenvalue weighted by molar-refractivity contribution is -0.141. The van der Waals surface area contributed by atoms with Gasteiger partial charge in [0.2, 0.25) is 5.88 Å². The molecule has 0 spiro atoms. The summed E-state index contributed by atoms with van der Waals surface area (Å²) in [5.74, 6) is 0.222. The molecule has 1 heterocycles. The van der Waals surface area contributed by atoms with E-state index in [0.29, 0.717) is 11.3 Å². The summed E-state index contributed by atoms with van der Waals surface area (Å²) in [6.45, 7) is 0. The van der Waals surface area contributed by atoms with Gasteiger partial charge < -0.3 is 4.74 Å². The van der Waals surface area contributed by atoms with Gasteiger partial charge in [0.05, 0.1) is 16.7 Å². The van der Waals surface area contributed by atoms with Crippen LogP contribution in [-0.4, -0.2) is 9.97 Å². The fourth-order valence-electron chi connectivity index (χ4n) is 2.18. The van der Waals surface area contributed by atoms with Crippen LogP contribution in [-0.2, 0) is 11.9 Å². The lowest BCUT2D eigenvalue weighted by Crippen LogP contribution is -2.10. The number of benzene rings is 2.